The predicted molar refractivity (Wildman–Crippen MR) is 115 cm³/mol. The van der Waals surface area contributed by atoms with E-state index in [1.54, 1.807) is 18.5 Å². The predicted octanol–water partition coefficient (Wildman–Crippen LogP) is 3.74. The van der Waals surface area contributed by atoms with Gasteiger partial charge in [-0.15, -0.1) is 0 Å². The van der Waals surface area contributed by atoms with E-state index in [-0.39, 0.29) is 23.8 Å². The lowest BCUT2D eigenvalue weighted by molar-refractivity contribution is -0.138. The lowest BCUT2D eigenvalue weighted by atomic mass is 9.90. The van der Waals surface area contributed by atoms with Gasteiger partial charge in [0.1, 0.15) is 0 Å². The van der Waals surface area contributed by atoms with Gasteiger partial charge in [0, 0.05) is 25.5 Å². The third kappa shape index (κ3) is 4.96. The molecule has 4 rings (SSSR count). The molecule has 33 heavy (non-hydrogen) atoms. The minimum absolute atomic E-state index is 0.0879. The van der Waals surface area contributed by atoms with E-state index in [2.05, 4.69) is 32.4 Å². The van der Waals surface area contributed by atoms with Gasteiger partial charge >= 0.3 is 6.18 Å². The zero-order valence-electron chi connectivity index (χ0n) is 18.3. The average Bonchev–Trinajstić information content (AvgIpc) is 3.32. The van der Waals surface area contributed by atoms with E-state index in [4.69, 9.17) is 0 Å². The number of halogens is 3. The number of hydrogen-bond acceptors (Lipinski definition) is 6. The van der Waals surface area contributed by atoms with Gasteiger partial charge in [-0.2, -0.15) is 28.2 Å². The van der Waals surface area contributed by atoms with Gasteiger partial charge in [-0.1, -0.05) is 13.0 Å². The molecule has 0 spiro atoms. The molecule has 1 N–H and O–H groups in total. The number of carbonyl (C=O) groups is 1. The highest BCUT2D eigenvalue weighted by atomic mass is 19.4. The number of alkyl halides is 3. The number of nitrogens with zero attached hydrogens (tertiary/aromatic N) is 6. The Bertz CT molecular complexity index is 1100. The minimum atomic E-state index is -4.49. The van der Waals surface area contributed by atoms with Crippen LogP contribution >= 0.6 is 0 Å². The van der Waals surface area contributed by atoms with E-state index in [0.29, 0.717) is 24.3 Å². The van der Waals surface area contributed by atoms with Gasteiger partial charge in [-0.05, 0) is 43.4 Å². The summed E-state index contributed by atoms with van der Waals surface area (Å²) in [7, 11) is 0. The summed E-state index contributed by atoms with van der Waals surface area (Å²) in [5.41, 5.74) is 1.15. The number of likely N-dealkylation sites (tertiary alicyclic amines) is 1. The molecular weight excluding hydrogens is 435 g/mol. The van der Waals surface area contributed by atoms with Crippen molar-refractivity contribution in [3.8, 4) is 5.69 Å². The van der Waals surface area contributed by atoms with Crippen LogP contribution in [0.5, 0.6) is 0 Å². The number of piperidine rings is 1. The van der Waals surface area contributed by atoms with Crippen LogP contribution in [0.4, 0.5) is 19.1 Å². The number of amides is 1. The Morgan fingerprint density at radius 3 is 2.55 bits per heavy atom. The number of benzene rings is 1. The van der Waals surface area contributed by atoms with Crippen molar-refractivity contribution in [1.82, 2.24) is 29.9 Å². The lowest BCUT2D eigenvalue weighted by Gasteiger charge is -2.40. The molecule has 1 aliphatic heterocycles. The molecule has 1 amide bonds. The second kappa shape index (κ2) is 9.16. The second-order valence-electron chi connectivity index (χ2n) is 8.20. The van der Waals surface area contributed by atoms with Gasteiger partial charge in [0.05, 0.1) is 35.2 Å². The monoisotopic (exact) mass is 459 g/mol. The molecule has 174 valence electrons. The van der Waals surface area contributed by atoms with Crippen LogP contribution in [0.3, 0.4) is 0 Å². The SMILES string of the molecule is Cc1ccc(C(=O)N2CCCC(C)C2CNc2ncc(C(F)(F)F)cn2)c(-n2nccn2)c1. The molecule has 0 saturated carbocycles. The maximum absolute atomic E-state index is 13.6. The summed E-state index contributed by atoms with van der Waals surface area (Å²) in [4.78, 5) is 24.4. The van der Waals surface area contributed by atoms with Gasteiger partial charge < -0.3 is 10.2 Å². The zero-order chi connectivity index (χ0) is 23.6. The molecule has 1 fully saturated rings. The van der Waals surface area contributed by atoms with Crippen LogP contribution in [0.2, 0.25) is 0 Å². The van der Waals surface area contributed by atoms with Crippen molar-refractivity contribution in [2.24, 2.45) is 5.92 Å². The summed E-state index contributed by atoms with van der Waals surface area (Å²) in [5, 5.41) is 11.3. The van der Waals surface area contributed by atoms with Crippen LogP contribution in [0.25, 0.3) is 5.69 Å². The zero-order valence-corrected chi connectivity index (χ0v) is 18.3. The Balaban J connectivity index is 1.55. The largest absolute Gasteiger partial charge is 0.419 e. The first kappa shape index (κ1) is 22.7. The number of aryl methyl sites for hydroxylation is 1. The first-order valence-electron chi connectivity index (χ1n) is 10.7. The van der Waals surface area contributed by atoms with Crippen molar-refractivity contribution in [3.05, 3.63) is 59.7 Å². The highest BCUT2D eigenvalue weighted by Crippen LogP contribution is 2.29. The molecule has 0 aliphatic carbocycles. The Labute approximate surface area is 188 Å². The number of carbonyl (C=O) groups excluding carboxylic acids is 1. The van der Waals surface area contributed by atoms with E-state index in [1.807, 2.05) is 24.0 Å². The van der Waals surface area contributed by atoms with Crippen LogP contribution in [0.1, 0.15) is 41.3 Å². The van der Waals surface area contributed by atoms with Gasteiger partial charge in [-0.25, -0.2) is 9.97 Å². The summed E-state index contributed by atoms with van der Waals surface area (Å²) >= 11 is 0. The van der Waals surface area contributed by atoms with E-state index in [9.17, 15) is 18.0 Å². The van der Waals surface area contributed by atoms with Crippen molar-refractivity contribution in [2.75, 3.05) is 18.4 Å². The molecule has 1 aromatic carbocycles. The van der Waals surface area contributed by atoms with Crippen LogP contribution in [0.15, 0.2) is 43.0 Å². The smallest absolute Gasteiger partial charge is 0.352 e. The minimum Gasteiger partial charge on any atom is -0.352 e. The van der Waals surface area contributed by atoms with Crippen LogP contribution in [-0.4, -0.2) is 54.9 Å². The molecule has 3 heterocycles. The van der Waals surface area contributed by atoms with Crippen molar-refractivity contribution < 1.29 is 18.0 Å². The van der Waals surface area contributed by atoms with Crippen molar-refractivity contribution in [3.63, 3.8) is 0 Å². The Hall–Kier alpha value is -3.50. The average molecular weight is 459 g/mol. The molecule has 2 aromatic heterocycles. The highest BCUT2D eigenvalue weighted by molar-refractivity contribution is 5.98. The first-order valence-corrected chi connectivity index (χ1v) is 10.7. The van der Waals surface area contributed by atoms with Crippen molar-refractivity contribution in [2.45, 2.75) is 38.9 Å². The van der Waals surface area contributed by atoms with Crippen LogP contribution in [-0.2, 0) is 6.18 Å². The number of aromatic nitrogens is 5. The molecule has 8 nitrogen and oxygen atoms in total. The maximum atomic E-state index is 13.6. The summed E-state index contributed by atoms with van der Waals surface area (Å²) in [6.07, 6.45) is 1.91. The first-order chi connectivity index (χ1) is 15.7. The number of rotatable bonds is 5. The number of anilines is 1. The fraction of sp³-hybridized carbons (Fsp3) is 0.409. The maximum Gasteiger partial charge on any atom is 0.419 e. The standard InChI is InChI=1S/C22H24F3N7O/c1-14-5-6-17(18(10-14)32-29-7-8-30-32)20(33)31-9-3-4-15(2)19(31)13-28-21-26-11-16(12-27-21)22(23,24)25/h5-8,10-12,15,19H,3-4,9,13H2,1-2H3,(H,26,27,28). The van der Waals surface area contributed by atoms with Gasteiger partial charge in [0.25, 0.3) is 5.91 Å². The van der Waals surface area contributed by atoms with Gasteiger partial charge in [-0.3, -0.25) is 4.79 Å². The number of hydrogen-bond donors (Lipinski definition) is 1. The van der Waals surface area contributed by atoms with E-state index < -0.39 is 11.7 Å². The van der Waals surface area contributed by atoms with E-state index in [0.717, 1.165) is 30.8 Å². The molecule has 3 aromatic rings. The fourth-order valence-corrected chi connectivity index (χ4v) is 4.06. The lowest BCUT2D eigenvalue weighted by Crippen LogP contribution is -2.51. The molecular formula is C22H24F3N7O. The Morgan fingerprint density at radius 1 is 1.18 bits per heavy atom. The van der Waals surface area contributed by atoms with Gasteiger partial charge in [0.2, 0.25) is 5.95 Å². The molecule has 0 bridgehead atoms. The molecule has 1 saturated heterocycles. The Morgan fingerprint density at radius 2 is 1.88 bits per heavy atom. The van der Waals surface area contributed by atoms with Gasteiger partial charge in [0.15, 0.2) is 0 Å². The third-order valence-corrected chi connectivity index (χ3v) is 5.84. The van der Waals surface area contributed by atoms with E-state index in [1.165, 1.54) is 4.80 Å². The third-order valence-electron chi connectivity index (χ3n) is 5.84. The van der Waals surface area contributed by atoms with Crippen molar-refractivity contribution in [1.29, 1.82) is 0 Å². The van der Waals surface area contributed by atoms with Crippen LogP contribution < -0.4 is 5.32 Å². The second-order valence-corrected chi connectivity index (χ2v) is 8.20. The molecule has 1 aliphatic rings. The molecule has 2 atom stereocenters. The summed E-state index contributed by atoms with van der Waals surface area (Å²) in [6, 6.07) is 5.33. The van der Waals surface area contributed by atoms with Crippen molar-refractivity contribution >= 4 is 11.9 Å². The highest BCUT2D eigenvalue weighted by Gasteiger charge is 2.34. The molecule has 11 heteroatoms. The molecule has 0 radical (unpaired) electrons. The topological polar surface area (TPSA) is 88.8 Å². The van der Waals surface area contributed by atoms with E-state index >= 15 is 0 Å². The quantitative estimate of drug-likeness (QED) is 0.625. The summed E-state index contributed by atoms with van der Waals surface area (Å²) in [5.74, 6) is 0.125. The summed E-state index contributed by atoms with van der Waals surface area (Å²) < 4.78 is 38.3. The summed E-state index contributed by atoms with van der Waals surface area (Å²) in [6.45, 7) is 4.88. The molecule has 2 unspecified atom stereocenters. The fourth-order valence-electron chi connectivity index (χ4n) is 4.06. The van der Waals surface area contributed by atoms with Crippen LogP contribution in [0, 0.1) is 12.8 Å². The normalized spacial score (nSPS) is 18.9. The number of nitrogens with one attached hydrogen (secondary N) is 1. The Kier molecular flexibility index (Phi) is 6.30.